The van der Waals surface area contributed by atoms with Gasteiger partial charge in [0.05, 0.1) is 0 Å². The van der Waals surface area contributed by atoms with Crippen molar-refractivity contribution in [3.63, 3.8) is 0 Å². The molecule has 0 heterocycles. The number of hydrogen-bond acceptors (Lipinski definition) is 3. The van der Waals surface area contributed by atoms with Crippen LogP contribution in [0.1, 0.15) is 45.6 Å². The van der Waals surface area contributed by atoms with Gasteiger partial charge in [-0.05, 0) is 23.8 Å². The molecule has 5 heteroatoms. The predicted molar refractivity (Wildman–Crippen MR) is 90.9 cm³/mol. The number of benzene rings is 1. The monoisotopic (exact) mass is 320 g/mol. The number of nitrogens with one attached hydrogen (secondary N) is 1. The van der Waals surface area contributed by atoms with E-state index in [9.17, 15) is 9.59 Å². The van der Waals surface area contributed by atoms with Crippen LogP contribution < -0.4 is 11.1 Å². The third kappa shape index (κ3) is 8.24. The fourth-order valence-corrected chi connectivity index (χ4v) is 2.18. The average Bonchev–Trinajstić information content (AvgIpc) is 2.46. The van der Waals surface area contributed by atoms with Crippen LogP contribution in [0, 0.1) is 5.41 Å². The largest absolute Gasteiger partial charge is 0.461 e. The van der Waals surface area contributed by atoms with Gasteiger partial charge in [0.15, 0.2) is 0 Å². The first-order chi connectivity index (χ1) is 10.8. The second kappa shape index (κ2) is 9.18. The molecule has 3 N–H and O–H groups in total. The van der Waals surface area contributed by atoms with Gasteiger partial charge in [0.2, 0.25) is 0 Å². The minimum Gasteiger partial charge on any atom is -0.461 e. The zero-order valence-corrected chi connectivity index (χ0v) is 14.3. The number of nitrogens with two attached hydrogens (primary N) is 1. The van der Waals surface area contributed by atoms with Crippen molar-refractivity contribution in [1.29, 1.82) is 0 Å². The van der Waals surface area contributed by atoms with Gasteiger partial charge in [-0.2, -0.15) is 0 Å². The van der Waals surface area contributed by atoms with E-state index in [1.165, 1.54) is 0 Å². The van der Waals surface area contributed by atoms with Crippen LogP contribution >= 0.6 is 0 Å². The molecule has 1 aromatic rings. The van der Waals surface area contributed by atoms with Gasteiger partial charge in [0.1, 0.15) is 6.10 Å². The molecule has 23 heavy (non-hydrogen) atoms. The summed E-state index contributed by atoms with van der Waals surface area (Å²) in [4.78, 5) is 22.6. The molecule has 0 aliphatic rings. The number of carbonyl (C=O) groups excluding carboxylic acids is 2. The van der Waals surface area contributed by atoms with Crippen molar-refractivity contribution in [1.82, 2.24) is 5.32 Å². The lowest BCUT2D eigenvalue weighted by atomic mass is 9.85. The minimum absolute atomic E-state index is 0.126. The van der Waals surface area contributed by atoms with Crippen molar-refractivity contribution in [2.24, 2.45) is 11.1 Å². The Balaban J connectivity index is 2.44. The standard InChI is InChI=1S/C18H28N2O3/c1-18(2,3)15(13-14-9-5-4-6-10-14)23-16(21)11-7-8-12-20-17(19)22/h4-6,9-10,15H,7-8,11-13H2,1-3H3,(H3,19,20,22)/t15-/m1/s1. The fraction of sp³-hybridized carbons (Fsp3) is 0.556. The van der Waals surface area contributed by atoms with E-state index in [0.29, 0.717) is 32.2 Å². The highest BCUT2D eigenvalue weighted by molar-refractivity contribution is 5.71. The summed E-state index contributed by atoms with van der Waals surface area (Å²) in [5.41, 5.74) is 6.01. The maximum atomic E-state index is 12.1. The van der Waals surface area contributed by atoms with E-state index in [1.54, 1.807) is 0 Å². The molecule has 0 saturated heterocycles. The second-order valence-electron chi connectivity index (χ2n) is 6.78. The topological polar surface area (TPSA) is 81.4 Å². The Morgan fingerprint density at radius 2 is 1.83 bits per heavy atom. The second-order valence-corrected chi connectivity index (χ2v) is 6.78. The van der Waals surface area contributed by atoms with Crippen LogP contribution in [-0.4, -0.2) is 24.6 Å². The molecule has 0 bridgehead atoms. The van der Waals surface area contributed by atoms with Crippen molar-refractivity contribution >= 4 is 12.0 Å². The van der Waals surface area contributed by atoms with Gasteiger partial charge >= 0.3 is 12.0 Å². The Morgan fingerprint density at radius 1 is 1.17 bits per heavy atom. The predicted octanol–water partition coefficient (Wildman–Crippen LogP) is 3.03. The van der Waals surface area contributed by atoms with Crippen molar-refractivity contribution in [3.8, 4) is 0 Å². The quantitative estimate of drug-likeness (QED) is 0.570. The zero-order chi connectivity index (χ0) is 17.3. The van der Waals surface area contributed by atoms with Gasteiger partial charge in [-0.3, -0.25) is 4.79 Å². The molecular weight excluding hydrogens is 292 g/mol. The molecule has 0 saturated carbocycles. The lowest BCUT2D eigenvalue weighted by molar-refractivity contribution is -0.154. The zero-order valence-electron chi connectivity index (χ0n) is 14.3. The number of unbranched alkanes of at least 4 members (excludes halogenated alkanes) is 1. The van der Waals surface area contributed by atoms with Gasteiger partial charge in [-0.25, -0.2) is 4.79 Å². The molecule has 0 spiro atoms. The molecule has 2 amide bonds. The van der Waals surface area contributed by atoms with Crippen LogP contribution in [0.4, 0.5) is 4.79 Å². The number of esters is 1. The number of carbonyl (C=O) groups is 2. The molecule has 5 nitrogen and oxygen atoms in total. The van der Waals surface area contributed by atoms with E-state index in [4.69, 9.17) is 10.5 Å². The highest BCUT2D eigenvalue weighted by Gasteiger charge is 2.28. The third-order valence-electron chi connectivity index (χ3n) is 3.61. The van der Waals surface area contributed by atoms with Crippen LogP contribution in [0.25, 0.3) is 0 Å². The van der Waals surface area contributed by atoms with Crippen molar-refractivity contribution in [2.75, 3.05) is 6.54 Å². The summed E-state index contributed by atoms with van der Waals surface area (Å²) in [6, 6.07) is 9.50. The van der Waals surface area contributed by atoms with Gasteiger partial charge in [0.25, 0.3) is 0 Å². The number of rotatable bonds is 8. The number of urea groups is 1. The first-order valence-electron chi connectivity index (χ1n) is 8.06. The van der Waals surface area contributed by atoms with Gasteiger partial charge < -0.3 is 15.8 Å². The summed E-state index contributed by atoms with van der Waals surface area (Å²) in [6.07, 6.45) is 2.26. The van der Waals surface area contributed by atoms with E-state index in [1.807, 2.05) is 30.3 Å². The molecule has 128 valence electrons. The van der Waals surface area contributed by atoms with Gasteiger partial charge in [-0.15, -0.1) is 0 Å². The molecule has 1 atom stereocenters. The number of hydrogen-bond donors (Lipinski definition) is 2. The lowest BCUT2D eigenvalue weighted by Gasteiger charge is -2.30. The van der Waals surface area contributed by atoms with Crippen LogP contribution in [0.5, 0.6) is 0 Å². The smallest absolute Gasteiger partial charge is 0.312 e. The Kier molecular flexibility index (Phi) is 7.59. The van der Waals surface area contributed by atoms with Crippen LogP contribution in [-0.2, 0) is 16.0 Å². The summed E-state index contributed by atoms with van der Waals surface area (Å²) >= 11 is 0. The number of ether oxygens (including phenoxy) is 1. The SMILES string of the molecule is CC(C)(C)[C@@H](Cc1ccccc1)OC(=O)CCCCNC(N)=O. The number of primary amides is 1. The molecule has 0 fully saturated rings. The highest BCUT2D eigenvalue weighted by atomic mass is 16.5. The van der Waals surface area contributed by atoms with E-state index in [0.717, 1.165) is 5.56 Å². The van der Waals surface area contributed by atoms with Crippen LogP contribution in [0.3, 0.4) is 0 Å². The normalized spacial score (nSPS) is 12.5. The highest BCUT2D eigenvalue weighted by Crippen LogP contribution is 2.26. The molecule has 0 aliphatic carbocycles. The van der Waals surface area contributed by atoms with Crippen LogP contribution in [0.2, 0.25) is 0 Å². The van der Waals surface area contributed by atoms with E-state index in [2.05, 4.69) is 26.1 Å². The molecular formula is C18H28N2O3. The summed E-state index contributed by atoms with van der Waals surface area (Å²) in [7, 11) is 0. The molecule has 1 rings (SSSR count). The number of amides is 2. The molecule has 0 unspecified atom stereocenters. The van der Waals surface area contributed by atoms with E-state index < -0.39 is 6.03 Å². The Hall–Kier alpha value is -2.04. The Bertz CT molecular complexity index is 495. The molecule has 1 aromatic carbocycles. The molecule has 0 radical (unpaired) electrons. The third-order valence-corrected chi connectivity index (χ3v) is 3.61. The maximum absolute atomic E-state index is 12.1. The van der Waals surface area contributed by atoms with Crippen molar-refractivity contribution in [2.45, 2.75) is 52.6 Å². The van der Waals surface area contributed by atoms with Crippen molar-refractivity contribution < 1.29 is 14.3 Å². The summed E-state index contributed by atoms with van der Waals surface area (Å²) < 4.78 is 5.70. The molecule has 0 aromatic heterocycles. The first-order valence-corrected chi connectivity index (χ1v) is 8.06. The van der Waals surface area contributed by atoms with E-state index in [-0.39, 0.29) is 17.5 Å². The minimum atomic E-state index is -0.539. The Labute approximate surface area is 138 Å². The van der Waals surface area contributed by atoms with Crippen LogP contribution in [0.15, 0.2) is 30.3 Å². The maximum Gasteiger partial charge on any atom is 0.312 e. The lowest BCUT2D eigenvalue weighted by Crippen LogP contribution is -2.33. The molecule has 0 aliphatic heterocycles. The van der Waals surface area contributed by atoms with E-state index >= 15 is 0 Å². The Morgan fingerprint density at radius 3 is 2.39 bits per heavy atom. The summed E-state index contributed by atoms with van der Waals surface area (Å²) in [5.74, 6) is -0.195. The first kappa shape index (κ1) is 19.0. The average molecular weight is 320 g/mol. The summed E-state index contributed by atoms with van der Waals surface area (Å²) in [5, 5.41) is 2.50. The summed E-state index contributed by atoms with van der Waals surface area (Å²) in [6.45, 7) is 6.70. The fourth-order valence-electron chi connectivity index (χ4n) is 2.18. The van der Waals surface area contributed by atoms with Gasteiger partial charge in [-0.1, -0.05) is 51.1 Å². The van der Waals surface area contributed by atoms with Crippen molar-refractivity contribution in [3.05, 3.63) is 35.9 Å². The van der Waals surface area contributed by atoms with Gasteiger partial charge in [0, 0.05) is 19.4 Å².